The summed E-state index contributed by atoms with van der Waals surface area (Å²) in [5.74, 6) is 0.229. The molecule has 0 radical (unpaired) electrons. The van der Waals surface area contributed by atoms with Crippen LogP contribution in [-0.2, 0) is 0 Å². The molecule has 0 aliphatic carbocycles. The van der Waals surface area contributed by atoms with E-state index < -0.39 is 0 Å². The van der Waals surface area contributed by atoms with Gasteiger partial charge in [-0.15, -0.1) is 0 Å². The van der Waals surface area contributed by atoms with Crippen LogP contribution in [0, 0.1) is 12.7 Å². The number of aryl methyl sites for hydroxylation is 1. The van der Waals surface area contributed by atoms with E-state index >= 15 is 0 Å². The van der Waals surface area contributed by atoms with Crippen molar-refractivity contribution in [3.05, 3.63) is 70.4 Å². The monoisotopic (exact) mass is 312 g/mol. The Labute approximate surface area is 132 Å². The Kier molecular flexibility index (Phi) is 4.06. The number of thioether (sulfide) groups is 1. The molecular formula is C17H13FN2OS. The van der Waals surface area contributed by atoms with Gasteiger partial charge in [-0.05, 0) is 54.6 Å². The summed E-state index contributed by atoms with van der Waals surface area (Å²) in [7, 11) is 0. The molecule has 110 valence electrons. The molecule has 2 aromatic rings. The molecule has 0 atom stereocenters. The van der Waals surface area contributed by atoms with Gasteiger partial charge in [0.25, 0.3) is 5.24 Å². The number of hydrogen-bond donors (Lipinski definition) is 1. The zero-order valence-electron chi connectivity index (χ0n) is 11.8. The second kappa shape index (κ2) is 6.15. The van der Waals surface area contributed by atoms with Crippen LogP contribution in [-0.4, -0.2) is 11.1 Å². The topological polar surface area (TPSA) is 41.5 Å². The van der Waals surface area contributed by atoms with Crippen molar-refractivity contribution in [3.8, 4) is 0 Å². The van der Waals surface area contributed by atoms with Crippen molar-refractivity contribution in [1.82, 2.24) is 5.32 Å². The molecule has 0 spiro atoms. The van der Waals surface area contributed by atoms with Crippen LogP contribution in [0.5, 0.6) is 0 Å². The first-order valence-corrected chi connectivity index (χ1v) is 7.54. The SMILES string of the molecule is Cc1ccc(N=C2NC(=O)S/C2=C\c2ccc(F)cc2)cc1. The Bertz CT molecular complexity index is 699. The van der Waals surface area contributed by atoms with Crippen molar-refractivity contribution in [3.63, 3.8) is 0 Å². The number of amidine groups is 1. The van der Waals surface area contributed by atoms with Crippen molar-refractivity contribution in [2.75, 3.05) is 0 Å². The lowest BCUT2D eigenvalue weighted by atomic mass is 10.2. The van der Waals surface area contributed by atoms with Crippen molar-refractivity contribution < 1.29 is 9.18 Å². The Hall–Kier alpha value is -2.40. The number of halogens is 1. The Morgan fingerprint density at radius 1 is 1.09 bits per heavy atom. The molecular weight excluding hydrogens is 299 g/mol. The van der Waals surface area contributed by atoms with E-state index in [0.717, 1.165) is 33.5 Å². The average molecular weight is 312 g/mol. The van der Waals surface area contributed by atoms with E-state index in [9.17, 15) is 9.18 Å². The molecule has 0 saturated carbocycles. The van der Waals surface area contributed by atoms with Gasteiger partial charge in [0.2, 0.25) is 0 Å². The zero-order chi connectivity index (χ0) is 15.5. The van der Waals surface area contributed by atoms with E-state index in [4.69, 9.17) is 0 Å². The molecule has 1 aliphatic heterocycles. The van der Waals surface area contributed by atoms with Gasteiger partial charge in [0.05, 0.1) is 10.6 Å². The summed E-state index contributed by atoms with van der Waals surface area (Å²) >= 11 is 1.08. The average Bonchev–Trinajstić information content (AvgIpc) is 2.83. The molecule has 1 fully saturated rings. The maximum atomic E-state index is 12.9. The lowest BCUT2D eigenvalue weighted by molar-refractivity contribution is 0.265. The first-order valence-electron chi connectivity index (χ1n) is 6.72. The highest BCUT2D eigenvalue weighted by molar-refractivity contribution is 8.18. The van der Waals surface area contributed by atoms with Crippen LogP contribution in [0.15, 0.2) is 58.4 Å². The van der Waals surface area contributed by atoms with E-state index in [-0.39, 0.29) is 11.1 Å². The Morgan fingerprint density at radius 2 is 1.77 bits per heavy atom. The number of nitrogens with one attached hydrogen (secondary N) is 1. The fourth-order valence-corrected chi connectivity index (χ4v) is 2.71. The summed E-state index contributed by atoms with van der Waals surface area (Å²) in [4.78, 5) is 16.8. The fraction of sp³-hybridized carbons (Fsp3) is 0.0588. The lowest BCUT2D eigenvalue weighted by Crippen LogP contribution is -2.18. The molecule has 1 saturated heterocycles. The van der Waals surface area contributed by atoms with Crippen molar-refractivity contribution in [2.45, 2.75) is 6.92 Å². The van der Waals surface area contributed by atoms with Gasteiger partial charge < -0.3 is 5.32 Å². The summed E-state index contributed by atoms with van der Waals surface area (Å²) < 4.78 is 12.9. The number of aliphatic imine (C=N–C) groups is 1. The number of hydrogen-bond acceptors (Lipinski definition) is 3. The summed E-state index contributed by atoms with van der Waals surface area (Å²) in [6.45, 7) is 2.00. The number of rotatable bonds is 2. The smallest absolute Gasteiger partial charge is 0.289 e. The number of benzene rings is 2. The standard InChI is InChI=1S/C17H13FN2OS/c1-11-2-8-14(9-3-11)19-16-15(22-17(21)20-16)10-12-4-6-13(18)7-5-12/h2-10H,1H3,(H,19,20,21)/b15-10-. The third-order valence-corrected chi connectivity index (χ3v) is 3.92. The van der Waals surface area contributed by atoms with Gasteiger partial charge >= 0.3 is 0 Å². The first-order chi connectivity index (χ1) is 10.6. The number of carbonyl (C=O) groups is 1. The number of carbonyl (C=O) groups excluding carboxylic acids is 1. The summed E-state index contributed by atoms with van der Waals surface area (Å²) in [6.07, 6.45) is 1.81. The van der Waals surface area contributed by atoms with E-state index in [1.807, 2.05) is 37.3 Å². The molecule has 2 aromatic carbocycles. The summed E-state index contributed by atoms with van der Waals surface area (Å²) in [5.41, 5.74) is 2.74. The largest absolute Gasteiger partial charge is 0.300 e. The minimum absolute atomic E-state index is 0.167. The fourth-order valence-electron chi connectivity index (χ4n) is 1.97. The highest BCUT2D eigenvalue weighted by Gasteiger charge is 2.23. The van der Waals surface area contributed by atoms with Crippen LogP contribution in [0.4, 0.5) is 14.9 Å². The van der Waals surface area contributed by atoms with Crippen molar-refractivity contribution in [2.24, 2.45) is 4.99 Å². The van der Waals surface area contributed by atoms with Crippen LogP contribution in [0.1, 0.15) is 11.1 Å². The maximum absolute atomic E-state index is 12.9. The van der Waals surface area contributed by atoms with Gasteiger partial charge in [0.15, 0.2) is 0 Å². The molecule has 0 unspecified atom stereocenters. The van der Waals surface area contributed by atoms with Crippen molar-refractivity contribution in [1.29, 1.82) is 0 Å². The van der Waals surface area contributed by atoms with Gasteiger partial charge in [-0.2, -0.15) is 0 Å². The van der Waals surface area contributed by atoms with E-state index in [1.165, 1.54) is 12.1 Å². The van der Waals surface area contributed by atoms with Crippen LogP contribution in [0.2, 0.25) is 0 Å². The predicted molar refractivity (Wildman–Crippen MR) is 88.8 cm³/mol. The molecule has 5 heteroatoms. The number of amides is 1. The van der Waals surface area contributed by atoms with Crippen LogP contribution in [0.3, 0.4) is 0 Å². The van der Waals surface area contributed by atoms with Crippen molar-refractivity contribution >= 4 is 34.6 Å². The minimum Gasteiger partial charge on any atom is -0.300 e. The number of nitrogens with zero attached hydrogens (tertiary/aromatic N) is 1. The normalized spacial score (nSPS) is 18.0. The van der Waals surface area contributed by atoms with Crippen LogP contribution >= 0.6 is 11.8 Å². The summed E-state index contributed by atoms with van der Waals surface area (Å²) in [6, 6.07) is 13.8. The molecule has 1 aliphatic rings. The van der Waals surface area contributed by atoms with Gasteiger partial charge in [0.1, 0.15) is 11.7 Å². The van der Waals surface area contributed by atoms with Gasteiger partial charge in [-0.1, -0.05) is 29.8 Å². The van der Waals surface area contributed by atoms with E-state index in [0.29, 0.717) is 5.84 Å². The zero-order valence-corrected chi connectivity index (χ0v) is 12.7. The maximum Gasteiger partial charge on any atom is 0.289 e. The highest BCUT2D eigenvalue weighted by Crippen LogP contribution is 2.28. The quantitative estimate of drug-likeness (QED) is 0.876. The molecule has 0 aromatic heterocycles. The summed E-state index contributed by atoms with van der Waals surface area (Å²) in [5, 5.41) is 2.56. The lowest BCUT2D eigenvalue weighted by Gasteiger charge is -2.01. The molecule has 0 bridgehead atoms. The molecule has 1 N–H and O–H groups in total. The third-order valence-electron chi connectivity index (χ3n) is 3.10. The molecule has 1 amide bonds. The van der Waals surface area contributed by atoms with Gasteiger partial charge in [-0.3, -0.25) is 4.79 Å². The molecule has 22 heavy (non-hydrogen) atoms. The molecule has 3 rings (SSSR count). The third kappa shape index (κ3) is 3.43. The van der Waals surface area contributed by atoms with Crippen LogP contribution < -0.4 is 5.32 Å². The predicted octanol–water partition coefficient (Wildman–Crippen LogP) is 4.66. The second-order valence-electron chi connectivity index (χ2n) is 4.87. The molecule has 1 heterocycles. The van der Waals surface area contributed by atoms with Gasteiger partial charge in [0, 0.05) is 0 Å². The van der Waals surface area contributed by atoms with Crippen LogP contribution in [0.25, 0.3) is 6.08 Å². The van der Waals surface area contributed by atoms with Gasteiger partial charge in [-0.25, -0.2) is 9.38 Å². The minimum atomic E-state index is -0.288. The highest BCUT2D eigenvalue weighted by atomic mass is 32.2. The molecule has 3 nitrogen and oxygen atoms in total. The first kappa shape index (κ1) is 14.5. The second-order valence-corrected chi connectivity index (χ2v) is 5.89. The van der Waals surface area contributed by atoms with E-state index in [2.05, 4.69) is 10.3 Å². The van der Waals surface area contributed by atoms with E-state index in [1.54, 1.807) is 12.1 Å². The Morgan fingerprint density at radius 3 is 2.45 bits per heavy atom. The Balaban J connectivity index is 1.93.